The van der Waals surface area contributed by atoms with E-state index in [0.717, 1.165) is 38.4 Å². The maximum atomic E-state index is 11.8. The van der Waals surface area contributed by atoms with Gasteiger partial charge in [-0.05, 0) is 26.7 Å². The lowest BCUT2D eigenvalue weighted by molar-refractivity contribution is -0.149. The van der Waals surface area contributed by atoms with E-state index in [-0.39, 0.29) is 60.9 Å². The molecule has 2 heterocycles. The summed E-state index contributed by atoms with van der Waals surface area (Å²) in [7, 11) is 0. The van der Waals surface area contributed by atoms with Gasteiger partial charge in [0.15, 0.2) is 5.96 Å². The molecule has 9 nitrogen and oxygen atoms in total. The molecule has 0 aromatic heterocycles. The second kappa shape index (κ2) is 11.2. The first kappa shape index (κ1) is 22.5. The van der Waals surface area contributed by atoms with Crippen LogP contribution in [0.2, 0.25) is 0 Å². The van der Waals surface area contributed by atoms with Crippen LogP contribution in [0, 0.1) is 5.92 Å². The van der Waals surface area contributed by atoms with Crippen molar-refractivity contribution in [1.29, 1.82) is 0 Å². The van der Waals surface area contributed by atoms with Gasteiger partial charge in [-0.2, -0.15) is 0 Å². The number of likely N-dealkylation sites (tertiary alicyclic amines) is 1. The molecular weight excluding hydrogens is 453 g/mol. The monoisotopic (exact) mass is 481 g/mol. The number of amides is 3. The van der Waals surface area contributed by atoms with Gasteiger partial charge in [0.25, 0.3) is 0 Å². The molecule has 10 heteroatoms. The Bertz CT molecular complexity index is 519. The van der Waals surface area contributed by atoms with Gasteiger partial charge in [-0.15, -0.1) is 24.0 Å². The van der Waals surface area contributed by atoms with E-state index in [1.807, 2.05) is 13.8 Å². The van der Waals surface area contributed by atoms with Gasteiger partial charge in [-0.25, -0.2) is 4.79 Å². The molecule has 0 aliphatic carbocycles. The maximum Gasteiger partial charge on any atom is 0.324 e. The lowest BCUT2D eigenvalue weighted by atomic mass is 9.97. The molecule has 0 aromatic rings. The largest absolute Gasteiger partial charge is 0.466 e. The number of hydrogen-bond acceptors (Lipinski definition) is 5. The number of hydrogen-bond donors (Lipinski definition) is 2. The van der Waals surface area contributed by atoms with E-state index >= 15 is 0 Å². The fourth-order valence-corrected chi connectivity index (χ4v) is 2.95. The van der Waals surface area contributed by atoms with Gasteiger partial charge in [0, 0.05) is 19.6 Å². The molecule has 2 N–H and O–H groups in total. The fraction of sp³-hybridized carbons (Fsp3) is 0.750. The highest BCUT2D eigenvalue weighted by molar-refractivity contribution is 14.0. The van der Waals surface area contributed by atoms with Gasteiger partial charge in [0.2, 0.25) is 5.91 Å². The Kier molecular flexibility index (Phi) is 9.66. The van der Waals surface area contributed by atoms with Crippen LogP contribution >= 0.6 is 24.0 Å². The minimum absolute atomic E-state index is 0. The lowest BCUT2D eigenvalue weighted by Gasteiger charge is -2.33. The summed E-state index contributed by atoms with van der Waals surface area (Å²) in [5.74, 6) is 0.352. The summed E-state index contributed by atoms with van der Waals surface area (Å²) in [5.41, 5.74) is 0. The van der Waals surface area contributed by atoms with Crippen molar-refractivity contribution in [3.05, 3.63) is 0 Å². The number of aliphatic imine (C=N–C) groups is 1. The predicted molar refractivity (Wildman–Crippen MR) is 107 cm³/mol. The van der Waals surface area contributed by atoms with E-state index in [1.54, 1.807) is 0 Å². The zero-order chi connectivity index (χ0) is 18.2. The molecule has 2 aliphatic heterocycles. The zero-order valence-corrected chi connectivity index (χ0v) is 17.7. The number of guanidine groups is 1. The number of ether oxygens (including phenoxy) is 1. The number of halogens is 1. The number of rotatable bonds is 6. The van der Waals surface area contributed by atoms with E-state index in [1.165, 1.54) is 4.90 Å². The van der Waals surface area contributed by atoms with E-state index in [4.69, 9.17) is 4.74 Å². The van der Waals surface area contributed by atoms with Crippen molar-refractivity contribution in [3.63, 3.8) is 0 Å². The lowest BCUT2D eigenvalue weighted by Crippen LogP contribution is -2.47. The quantitative estimate of drug-likeness (QED) is 0.187. The first-order valence-corrected chi connectivity index (χ1v) is 8.84. The summed E-state index contributed by atoms with van der Waals surface area (Å²) in [5, 5.41) is 5.72. The highest BCUT2D eigenvalue weighted by Gasteiger charge is 2.29. The smallest absolute Gasteiger partial charge is 0.324 e. The highest BCUT2D eigenvalue weighted by Crippen LogP contribution is 2.18. The third-order valence-electron chi connectivity index (χ3n) is 4.27. The minimum atomic E-state index is -0.361. The predicted octanol–water partition coefficient (Wildman–Crippen LogP) is 0.397. The summed E-state index contributed by atoms with van der Waals surface area (Å²) >= 11 is 0. The second-order valence-electron chi connectivity index (χ2n) is 5.95. The SMILES string of the molecule is CCNC(=NCCN1C(=O)CNC1=O)N1CCC(C(=O)OCC)CC1.I. The average Bonchev–Trinajstić information content (AvgIpc) is 2.93. The first-order valence-electron chi connectivity index (χ1n) is 8.84. The van der Waals surface area contributed by atoms with Crippen LogP contribution in [0.4, 0.5) is 4.79 Å². The molecule has 0 bridgehead atoms. The van der Waals surface area contributed by atoms with E-state index in [9.17, 15) is 14.4 Å². The molecule has 0 saturated carbocycles. The Labute approximate surface area is 170 Å². The average molecular weight is 481 g/mol. The molecule has 0 unspecified atom stereocenters. The van der Waals surface area contributed by atoms with E-state index in [0.29, 0.717) is 13.2 Å². The number of carbonyl (C=O) groups excluding carboxylic acids is 3. The molecule has 3 amide bonds. The molecular formula is C16H28IN5O4. The van der Waals surface area contributed by atoms with Gasteiger partial charge in [-0.1, -0.05) is 0 Å². The Morgan fingerprint density at radius 3 is 2.54 bits per heavy atom. The maximum absolute atomic E-state index is 11.8. The van der Waals surface area contributed by atoms with Crippen molar-refractivity contribution in [2.45, 2.75) is 26.7 Å². The van der Waals surface area contributed by atoms with E-state index in [2.05, 4.69) is 20.5 Å². The first-order chi connectivity index (χ1) is 12.1. The van der Waals surface area contributed by atoms with Crippen LogP contribution < -0.4 is 10.6 Å². The number of piperidine rings is 1. The van der Waals surface area contributed by atoms with Gasteiger partial charge in [0.05, 0.1) is 32.2 Å². The summed E-state index contributed by atoms with van der Waals surface area (Å²) in [6, 6.07) is -0.361. The van der Waals surface area contributed by atoms with Crippen LogP contribution in [-0.2, 0) is 14.3 Å². The van der Waals surface area contributed by atoms with Crippen molar-refractivity contribution in [1.82, 2.24) is 20.4 Å². The normalized spacial score (nSPS) is 18.5. The van der Waals surface area contributed by atoms with Crippen LogP contribution in [0.3, 0.4) is 0 Å². The van der Waals surface area contributed by atoms with Crippen LogP contribution in [0.5, 0.6) is 0 Å². The standard InChI is InChI=1S/C16H27N5O4.HI/c1-3-17-15(18-7-10-21-13(22)11-19-16(21)24)20-8-5-12(6-9-20)14(23)25-4-2;/h12H,3-11H2,1-2H3,(H,17,18)(H,19,24);1H. The van der Waals surface area contributed by atoms with Gasteiger partial charge in [0.1, 0.15) is 0 Å². The summed E-state index contributed by atoms with van der Waals surface area (Å²) < 4.78 is 5.09. The van der Waals surface area contributed by atoms with Crippen molar-refractivity contribution in [2.75, 3.05) is 45.9 Å². The third-order valence-corrected chi connectivity index (χ3v) is 4.27. The van der Waals surface area contributed by atoms with E-state index < -0.39 is 0 Å². The van der Waals surface area contributed by atoms with Crippen LogP contribution in [0.1, 0.15) is 26.7 Å². The molecule has 2 aliphatic rings. The molecule has 2 saturated heterocycles. The van der Waals surface area contributed by atoms with Gasteiger partial charge in [-0.3, -0.25) is 19.5 Å². The minimum Gasteiger partial charge on any atom is -0.466 e. The van der Waals surface area contributed by atoms with Crippen LogP contribution in [0.15, 0.2) is 4.99 Å². The number of esters is 1. The van der Waals surface area contributed by atoms with Crippen LogP contribution in [-0.4, -0.2) is 79.5 Å². The summed E-state index contributed by atoms with van der Waals surface area (Å²) in [6.07, 6.45) is 1.46. The number of urea groups is 1. The molecule has 0 aromatic carbocycles. The van der Waals surface area contributed by atoms with Gasteiger partial charge < -0.3 is 20.3 Å². The fourth-order valence-electron chi connectivity index (χ4n) is 2.95. The number of imide groups is 1. The Morgan fingerprint density at radius 1 is 1.31 bits per heavy atom. The Morgan fingerprint density at radius 2 is 2.00 bits per heavy atom. The number of carbonyl (C=O) groups is 3. The molecule has 0 spiro atoms. The molecule has 148 valence electrons. The third kappa shape index (κ3) is 5.99. The molecule has 26 heavy (non-hydrogen) atoms. The van der Waals surface area contributed by atoms with Crippen molar-refractivity contribution < 1.29 is 19.1 Å². The van der Waals surface area contributed by atoms with Crippen LogP contribution in [0.25, 0.3) is 0 Å². The Balaban J connectivity index is 0.00000338. The Hall–Kier alpha value is -1.59. The van der Waals surface area contributed by atoms with Crippen molar-refractivity contribution >= 4 is 47.8 Å². The molecule has 0 atom stereocenters. The molecule has 0 radical (unpaired) electrons. The second-order valence-corrected chi connectivity index (χ2v) is 5.95. The summed E-state index contributed by atoms with van der Waals surface area (Å²) in [6.45, 7) is 7.04. The number of nitrogens with zero attached hydrogens (tertiary/aromatic N) is 3. The van der Waals surface area contributed by atoms with Crippen molar-refractivity contribution in [3.8, 4) is 0 Å². The molecule has 2 rings (SSSR count). The number of nitrogens with one attached hydrogen (secondary N) is 2. The topological polar surface area (TPSA) is 103 Å². The van der Waals surface area contributed by atoms with Crippen molar-refractivity contribution in [2.24, 2.45) is 10.9 Å². The van der Waals surface area contributed by atoms with Gasteiger partial charge >= 0.3 is 12.0 Å². The molecule has 2 fully saturated rings. The summed E-state index contributed by atoms with van der Waals surface area (Å²) in [4.78, 5) is 42.7. The highest BCUT2D eigenvalue weighted by atomic mass is 127. The zero-order valence-electron chi connectivity index (χ0n) is 15.3.